The number of hydrogen-bond acceptors (Lipinski definition) is 4. The summed E-state index contributed by atoms with van der Waals surface area (Å²) < 4.78 is 4.08. The number of hydrogen-bond donors (Lipinski definition) is 1. The molecule has 0 bridgehead atoms. The van der Waals surface area contributed by atoms with Crippen LogP contribution in [0.3, 0.4) is 0 Å². The maximum Gasteiger partial charge on any atom is 0.167 e. The first-order valence-corrected chi connectivity index (χ1v) is 10.8. The van der Waals surface area contributed by atoms with E-state index < -0.39 is 5.60 Å². The van der Waals surface area contributed by atoms with E-state index in [4.69, 9.17) is 0 Å². The summed E-state index contributed by atoms with van der Waals surface area (Å²) in [6, 6.07) is 9.91. The molecular weight excluding hydrogens is 435 g/mol. The summed E-state index contributed by atoms with van der Waals surface area (Å²) in [6.07, 6.45) is 5.70. The third-order valence-electron chi connectivity index (χ3n) is 4.12. The molecular formula is C17H15IN4OS. The van der Waals surface area contributed by atoms with E-state index in [-0.39, 0.29) is 0 Å². The Balaban J connectivity index is 1.86. The standard InChI is InChI=1S/C17H15IN4OS/c1-17(2,23)12-5-3-11(4-6-12)15-14-9-19-16-13(21(14)10-20-15)7-8-22(16)24-18/h3-10,23H,1-2H3. The predicted octanol–water partition coefficient (Wildman–Crippen LogP) is 4.42. The van der Waals surface area contributed by atoms with Crippen molar-refractivity contribution < 1.29 is 5.11 Å². The molecule has 7 heteroatoms. The van der Waals surface area contributed by atoms with Crippen molar-refractivity contribution in [2.24, 2.45) is 0 Å². The average molecular weight is 450 g/mol. The van der Waals surface area contributed by atoms with Crippen LogP contribution in [-0.2, 0) is 5.60 Å². The van der Waals surface area contributed by atoms with Gasteiger partial charge in [0.05, 0.1) is 28.5 Å². The van der Waals surface area contributed by atoms with Crippen LogP contribution >= 0.6 is 30.3 Å². The molecule has 1 N–H and O–H groups in total. The molecule has 0 atom stereocenters. The molecule has 4 rings (SSSR count). The monoisotopic (exact) mass is 450 g/mol. The summed E-state index contributed by atoms with van der Waals surface area (Å²) in [7, 11) is 1.59. The number of imidazole rings is 1. The fraction of sp³-hybridized carbons (Fsp3) is 0.176. The highest BCUT2D eigenvalue weighted by Crippen LogP contribution is 2.29. The first-order valence-electron chi connectivity index (χ1n) is 7.44. The van der Waals surface area contributed by atoms with Gasteiger partial charge >= 0.3 is 0 Å². The molecule has 0 aliphatic carbocycles. The Bertz CT molecular complexity index is 1030. The predicted molar refractivity (Wildman–Crippen MR) is 106 cm³/mol. The Hall–Kier alpha value is -1.58. The molecule has 0 saturated heterocycles. The highest BCUT2D eigenvalue weighted by atomic mass is 127. The van der Waals surface area contributed by atoms with Crippen LogP contribution in [0, 0.1) is 0 Å². The summed E-state index contributed by atoms with van der Waals surface area (Å²) >= 11 is 2.24. The van der Waals surface area contributed by atoms with Crippen molar-refractivity contribution in [3.63, 3.8) is 0 Å². The Morgan fingerprint density at radius 3 is 2.50 bits per heavy atom. The molecule has 0 fully saturated rings. The molecule has 0 unspecified atom stereocenters. The van der Waals surface area contributed by atoms with Crippen LogP contribution in [0.5, 0.6) is 0 Å². The quantitative estimate of drug-likeness (QED) is 0.470. The largest absolute Gasteiger partial charge is 0.386 e. The summed E-state index contributed by atoms with van der Waals surface area (Å²) in [5.41, 5.74) is 4.85. The molecule has 122 valence electrons. The Morgan fingerprint density at radius 2 is 1.83 bits per heavy atom. The van der Waals surface area contributed by atoms with E-state index >= 15 is 0 Å². The van der Waals surface area contributed by atoms with Gasteiger partial charge in [0.25, 0.3) is 0 Å². The minimum absolute atomic E-state index is 0.845. The fourth-order valence-electron chi connectivity index (χ4n) is 2.82. The summed E-state index contributed by atoms with van der Waals surface area (Å²) in [5, 5.41) is 10.1. The minimum Gasteiger partial charge on any atom is -0.386 e. The molecule has 3 aromatic heterocycles. The fourth-order valence-corrected chi connectivity index (χ4v) is 4.08. The molecule has 24 heavy (non-hydrogen) atoms. The zero-order valence-corrected chi connectivity index (χ0v) is 16.1. The van der Waals surface area contributed by atoms with Crippen molar-refractivity contribution in [2.75, 3.05) is 0 Å². The van der Waals surface area contributed by atoms with E-state index in [0.717, 1.165) is 33.5 Å². The zero-order chi connectivity index (χ0) is 16.9. The zero-order valence-electron chi connectivity index (χ0n) is 13.1. The summed E-state index contributed by atoms with van der Waals surface area (Å²) in [4.78, 5) is 9.18. The molecule has 3 heterocycles. The Morgan fingerprint density at radius 1 is 1.08 bits per heavy atom. The number of fused-ring (bicyclic) bond motifs is 3. The molecule has 0 aliphatic rings. The van der Waals surface area contributed by atoms with Gasteiger partial charge < -0.3 is 5.11 Å². The number of halogens is 1. The summed E-state index contributed by atoms with van der Waals surface area (Å²) in [5.74, 6) is 0. The van der Waals surface area contributed by atoms with E-state index in [0.29, 0.717) is 0 Å². The molecule has 5 nitrogen and oxygen atoms in total. The first kappa shape index (κ1) is 15.9. The van der Waals surface area contributed by atoms with Crippen molar-refractivity contribution in [1.29, 1.82) is 0 Å². The smallest absolute Gasteiger partial charge is 0.167 e. The van der Waals surface area contributed by atoms with Crippen LogP contribution in [0.4, 0.5) is 0 Å². The molecule has 4 aromatic rings. The van der Waals surface area contributed by atoms with Crippen LogP contribution in [0.2, 0.25) is 0 Å². The normalized spacial score (nSPS) is 12.3. The lowest BCUT2D eigenvalue weighted by atomic mass is 9.97. The number of aliphatic hydroxyl groups is 1. The van der Waals surface area contributed by atoms with Crippen molar-refractivity contribution in [1.82, 2.24) is 18.3 Å². The van der Waals surface area contributed by atoms with Gasteiger partial charge in [-0.15, -0.1) is 0 Å². The van der Waals surface area contributed by atoms with Gasteiger partial charge in [-0.1, -0.05) is 24.3 Å². The molecule has 0 aliphatic heterocycles. The van der Waals surface area contributed by atoms with Crippen molar-refractivity contribution in [2.45, 2.75) is 19.4 Å². The highest BCUT2D eigenvalue weighted by molar-refractivity contribution is 14.2. The van der Waals surface area contributed by atoms with Gasteiger partial charge in [0.1, 0.15) is 6.33 Å². The Labute approximate surface area is 155 Å². The van der Waals surface area contributed by atoms with E-state index in [9.17, 15) is 5.11 Å². The van der Waals surface area contributed by atoms with Crippen molar-refractivity contribution >= 4 is 47.0 Å². The Kier molecular flexibility index (Phi) is 3.81. The number of nitrogens with zero attached hydrogens (tertiary/aromatic N) is 4. The van der Waals surface area contributed by atoms with Gasteiger partial charge in [0, 0.05) is 42.1 Å². The maximum atomic E-state index is 10.1. The summed E-state index contributed by atoms with van der Waals surface area (Å²) in [6.45, 7) is 3.56. The second-order valence-electron chi connectivity index (χ2n) is 6.16. The van der Waals surface area contributed by atoms with E-state index in [1.54, 1.807) is 23.0 Å². The molecule has 0 saturated carbocycles. The highest BCUT2D eigenvalue weighted by Gasteiger charge is 2.17. The third-order valence-corrected chi connectivity index (χ3v) is 5.83. The van der Waals surface area contributed by atoms with Crippen molar-refractivity contribution in [3.05, 3.63) is 54.6 Å². The lowest BCUT2D eigenvalue weighted by Gasteiger charge is -2.17. The third kappa shape index (κ3) is 2.51. The number of rotatable bonds is 3. The van der Waals surface area contributed by atoms with Gasteiger partial charge in [-0.25, -0.2) is 9.97 Å². The second kappa shape index (κ2) is 5.75. The van der Waals surface area contributed by atoms with Gasteiger partial charge in [-0.05, 0) is 25.5 Å². The molecule has 0 spiro atoms. The molecule has 0 radical (unpaired) electrons. The lowest BCUT2D eigenvalue weighted by Crippen LogP contribution is -2.14. The topological polar surface area (TPSA) is 55.4 Å². The first-order chi connectivity index (χ1) is 11.5. The van der Waals surface area contributed by atoms with Crippen LogP contribution < -0.4 is 0 Å². The molecule has 0 amide bonds. The van der Waals surface area contributed by atoms with Crippen LogP contribution in [0.25, 0.3) is 27.9 Å². The van der Waals surface area contributed by atoms with Gasteiger partial charge in [0.15, 0.2) is 5.65 Å². The number of benzene rings is 1. The van der Waals surface area contributed by atoms with E-state index in [2.05, 4.69) is 35.6 Å². The van der Waals surface area contributed by atoms with E-state index in [1.807, 2.05) is 53.0 Å². The van der Waals surface area contributed by atoms with Crippen LogP contribution in [0.1, 0.15) is 19.4 Å². The number of aromatic nitrogens is 4. The van der Waals surface area contributed by atoms with Crippen LogP contribution in [-0.4, -0.2) is 23.4 Å². The SMILES string of the molecule is CC(C)(O)c1ccc(-c2ncn3c2cnc2c3ccn2SI)cc1. The van der Waals surface area contributed by atoms with Crippen LogP contribution in [0.15, 0.2) is 49.1 Å². The van der Waals surface area contributed by atoms with Gasteiger partial charge in [0.2, 0.25) is 0 Å². The molecule has 1 aromatic carbocycles. The van der Waals surface area contributed by atoms with Gasteiger partial charge in [-0.3, -0.25) is 8.37 Å². The lowest BCUT2D eigenvalue weighted by molar-refractivity contribution is 0.0786. The maximum absolute atomic E-state index is 10.1. The minimum atomic E-state index is -0.845. The van der Waals surface area contributed by atoms with Gasteiger partial charge in [-0.2, -0.15) is 0 Å². The second-order valence-corrected chi connectivity index (χ2v) is 7.88. The average Bonchev–Trinajstić information content (AvgIpc) is 3.17. The van der Waals surface area contributed by atoms with E-state index in [1.165, 1.54) is 0 Å². The van der Waals surface area contributed by atoms with Crippen molar-refractivity contribution in [3.8, 4) is 11.3 Å².